The highest BCUT2D eigenvalue weighted by molar-refractivity contribution is 6.33. The normalized spacial score (nSPS) is 16.6. The molecular weight excluding hydrogens is 301 g/mol. The van der Waals surface area contributed by atoms with Gasteiger partial charge in [0.05, 0.1) is 22.3 Å². The molecule has 0 radical (unpaired) electrons. The molecule has 1 aliphatic rings. The van der Waals surface area contributed by atoms with Crippen LogP contribution >= 0.6 is 11.6 Å². The number of aromatic nitrogens is 2. The number of alkyl halides is 3. The fourth-order valence-corrected chi connectivity index (χ4v) is 3.24. The van der Waals surface area contributed by atoms with Crippen molar-refractivity contribution in [3.8, 4) is 11.3 Å². The van der Waals surface area contributed by atoms with Crippen molar-refractivity contribution in [2.75, 3.05) is 0 Å². The highest BCUT2D eigenvalue weighted by atomic mass is 35.5. The van der Waals surface area contributed by atoms with Crippen molar-refractivity contribution in [1.82, 2.24) is 9.78 Å². The van der Waals surface area contributed by atoms with Gasteiger partial charge in [-0.3, -0.25) is 4.68 Å². The first-order chi connectivity index (χ1) is 9.98. The lowest BCUT2D eigenvalue weighted by atomic mass is 10.0. The largest absolute Gasteiger partial charge is 0.417 e. The van der Waals surface area contributed by atoms with Gasteiger partial charge in [-0.25, -0.2) is 0 Å². The molecule has 0 aliphatic heterocycles. The summed E-state index contributed by atoms with van der Waals surface area (Å²) < 4.78 is 41.4. The Morgan fingerprint density at radius 2 is 1.86 bits per heavy atom. The van der Waals surface area contributed by atoms with Crippen molar-refractivity contribution in [2.45, 2.75) is 37.9 Å². The summed E-state index contributed by atoms with van der Waals surface area (Å²) in [4.78, 5) is 0. The molecule has 6 heteroatoms. The molecule has 0 bridgehead atoms. The van der Waals surface area contributed by atoms with Crippen LogP contribution in [-0.4, -0.2) is 9.78 Å². The van der Waals surface area contributed by atoms with E-state index in [-0.39, 0.29) is 16.6 Å². The summed E-state index contributed by atoms with van der Waals surface area (Å²) in [7, 11) is 0. The molecule has 2 aromatic rings. The van der Waals surface area contributed by atoms with Crippen LogP contribution in [0.5, 0.6) is 0 Å². The smallest absolute Gasteiger partial charge is 0.262 e. The second-order valence-electron chi connectivity index (χ2n) is 5.26. The van der Waals surface area contributed by atoms with Gasteiger partial charge in [-0.05, 0) is 31.0 Å². The van der Waals surface area contributed by atoms with Crippen molar-refractivity contribution in [2.24, 2.45) is 0 Å². The van der Waals surface area contributed by atoms with Crippen LogP contribution < -0.4 is 0 Å². The Morgan fingerprint density at radius 1 is 1.14 bits per heavy atom. The van der Waals surface area contributed by atoms with Gasteiger partial charge in [0.15, 0.2) is 0 Å². The molecule has 0 unspecified atom stereocenters. The predicted octanol–water partition coefficient (Wildman–Crippen LogP) is 5.34. The van der Waals surface area contributed by atoms with E-state index in [1.165, 1.54) is 18.3 Å². The van der Waals surface area contributed by atoms with Crippen molar-refractivity contribution in [1.29, 1.82) is 0 Å². The van der Waals surface area contributed by atoms with Gasteiger partial charge in [-0.15, -0.1) is 0 Å². The Labute approximate surface area is 125 Å². The molecule has 1 aliphatic carbocycles. The summed E-state index contributed by atoms with van der Waals surface area (Å²) in [6, 6.07) is 5.64. The fourth-order valence-electron chi connectivity index (χ4n) is 2.97. The quantitative estimate of drug-likeness (QED) is 0.732. The lowest BCUT2D eigenvalue weighted by Crippen LogP contribution is -2.12. The van der Waals surface area contributed by atoms with Crippen molar-refractivity contribution >= 4 is 11.6 Å². The maximum Gasteiger partial charge on any atom is 0.417 e. The molecule has 1 aromatic carbocycles. The summed E-state index contributed by atoms with van der Waals surface area (Å²) in [6.07, 6.45) is 1.15. The number of halogens is 4. The van der Waals surface area contributed by atoms with Gasteiger partial charge < -0.3 is 0 Å². The summed E-state index contributed by atoms with van der Waals surface area (Å²) >= 11 is 6.06. The minimum absolute atomic E-state index is 0.0241. The lowest BCUT2D eigenvalue weighted by molar-refractivity contribution is -0.137. The van der Waals surface area contributed by atoms with Gasteiger partial charge in [0.25, 0.3) is 0 Å². The fraction of sp³-hybridized carbons (Fsp3) is 0.400. The predicted molar refractivity (Wildman–Crippen MR) is 75.2 cm³/mol. The van der Waals surface area contributed by atoms with E-state index >= 15 is 0 Å². The van der Waals surface area contributed by atoms with Crippen LogP contribution in [-0.2, 0) is 6.18 Å². The zero-order valence-corrected chi connectivity index (χ0v) is 12.0. The minimum Gasteiger partial charge on any atom is -0.262 e. The summed E-state index contributed by atoms with van der Waals surface area (Å²) in [5.41, 5.74) is -0.245. The first kappa shape index (κ1) is 14.4. The average Bonchev–Trinajstić information content (AvgIpc) is 3.08. The molecule has 0 saturated heterocycles. The monoisotopic (exact) mass is 314 g/mol. The van der Waals surface area contributed by atoms with E-state index in [1.54, 1.807) is 10.7 Å². The summed E-state index contributed by atoms with van der Waals surface area (Å²) in [6.45, 7) is 0. The molecule has 1 fully saturated rings. The van der Waals surface area contributed by atoms with Gasteiger partial charge in [-0.1, -0.05) is 30.5 Å². The molecule has 1 heterocycles. The number of nitrogens with zero attached hydrogens (tertiary/aromatic N) is 2. The van der Waals surface area contributed by atoms with E-state index in [9.17, 15) is 13.2 Å². The number of hydrogen-bond donors (Lipinski definition) is 0. The number of rotatable bonds is 2. The third-order valence-corrected chi connectivity index (χ3v) is 4.23. The molecule has 21 heavy (non-hydrogen) atoms. The molecule has 0 amide bonds. The SMILES string of the molecule is FC(F)(F)c1cccc(Cl)c1-c1ccnn1C1CCCC1. The van der Waals surface area contributed by atoms with E-state index in [0.717, 1.165) is 31.7 Å². The van der Waals surface area contributed by atoms with Crippen LogP contribution in [0.4, 0.5) is 13.2 Å². The van der Waals surface area contributed by atoms with E-state index in [0.29, 0.717) is 5.69 Å². The van der Waals surface area contributed by atoms with Crippen LogP contribution in [0.1, 0.15) is 37.3 Å². The second kappa shape index (κ2) is 5.37. The highest BCUT2D eigenvalue weighted by Crippen LogP contribution is 2.42. The van der Waals surface area contributed by atoms with Crippen LogP contribution in [0, 0.1) is 0 Å². The van der Waals surface area contributed by atoms with E-state index < -0.39 is 11.7 Å². The van der Waals surface area contributed by atoms with E-state index in [1.807, 2.05) is 0 Å². The minimum atomic E-state index is -4.44. The zero-order valence-electron chi connectivity index (χ0n) is 11.2. The summed E-state index contributed by atoms with van der Waals surface area (Å²) in [5, 5.41) is 4.33. The first-order valence-electron chi connectivity index (χ1n) is 6.88. The van der Waals surface area contributed by atoms with Gasteiger partial charge in [-0.2, -0.15) is 18.3 Å². The van der Waals surface area contributed by atoms with Gasteiger partial charge >= 0.3 is 6.18 Å². The zero-order chi connectivity index (χ0) is 15.0. The summed E-state index contributed by atoms with van der Waals surface area (Å²) in [5.74, 6) is 0. The van der Waals surface area contributed by atoms with Gasteiger partial charge in [0.2, 0.25) is 0 Å². The van der Waals surface area contributed by atoms with E-state index in [4.69, 9.17) is 11.6 Å². The maximum atomic E-state index is 13.2. The van der Waals surface area contributed by atoms with Crippen LogP contribution in [0.3, 0.4) is 0 Å². The lowest BCUT2D eigenvalue weighted by Gasteiger charge is -2.18. The van der Waals surface area contributed by atoms with Crippen molar-refractivity contribution in [3.05, 3.63) is 41.0 Å². The van der Waals surface area contributed by atoms with Crippen molar-refractivity contribution in [3.63, 3.8) is 0 Å². The molecule has 112 valence electrons. The molecule has 2 nitrogen and oxygen atoms in total. The van der Waals surface area contributed by atoms with Crippen LogP contribution in [0.15, 0.2) is 30.5 Å². The molecule has 3 rings (SSSR count). The third-order valence-electron chi connectivity index (χ3n) is 3.92. The Balaban J connectivity index is 2.15. The third kappa shape index (κ3) is 2.67. The number of hydrogen-bond acceptors (Lipinski definition) is 1. The molecule has 1 saturated carbocycles. The Morgan fingerprint density at radius 3 is 2.52 bits per heavy atom. The second-order valence-corrected chi connectivity index (χ2v) is 5.67. The van der Waals surface area contributed by atoms with Gasteiger partial charge in [0, 0.05) is 11.8 Å². The molecular formula is C15H14ClF3N2. The van der Waals surface area contributed by atoms with Crippen molar-refractivity contribution < 1.29 is 13.2 Å². The molecule has 0 atom stereocenters. The molecule has 0 N–H and O–H groups in total. The Hall–Kier alpha value is -1.49. The van der Waals surface area contributed by atoms with Crippen LogP contribution in [0.25, 0.3) is 11.3 Å². The van der Waals surface area contributed by atoms with Gasteiger partial charge in [0.1, 0.15) is 0 Å². The van der Waals surface area contributed by atoms with E-state index in [2.05, 4.69) is 5.10 Å². The highest BCUT2D eigenvalue weighted by Gasteiger charge is 2.36. The molecule has 0 spiro atoms. The topological polar surface area (TPSA) is 17.8 Å². The van der Waals surface area contributed by atoms with Crippen LogP contribution in [0.2, 0.25) is 5.02 Å². The number of benzene rings is 1. The maximum absolute atomic E-state index is 13.2. The molecule has 1 aromatic heterocycles. The standard InChI is InChI=1S/C15H14ClF3N2/c16-12-7-3-6-11(15(17,18)19)14(12)13-8-9-20-21(13)10-4-1-2-5-10/h3,6-10H,1-2,4-5H2. The first-order valence-corrected chi connectivity index (χ1v) is 7.26. The Kier molecular flexibility index (Phi) is 3.69. The average molecular weight is 315 g/mol. The Bertz CT molecular complexity index is 643.